The van der Waals surface area contributed by atoms with Crippen molar-refractivity contribution in [2.45, 2.75) is 13.8 Å². The summed E-state index contributed by atoms with van der Waals surface area (Å²) < 4.78 is 5.33. The Morgan fingerprint density at radius 2 is 2.42 bits per heavy atom. The topological polar surface area (TPSA) is 22.1 Å². The van der Waals surface area contributed by atoms with Crippen molar-refractivity contribution in [2.75, 3.05) is 6.61 Å². The van der Waals surface area contributed by atoms with Crippen LogP contribution in [0.25, 0.3) is 6.08 Å². The molecule has 0 aromatic carbocycles. The van der Waals surface area contributed by atoms with E-state index < -0.39 is 0 Å². The van der Waals surface area contributed by atoms with Crippen LogP contribution in [0.15, 0.2) is 18.8 Å². The second-order valence-corrected chi connectivity index (χ2v) is 2.48. The van der Waals surface area contributed by atoms with Gasteiger partial charge in [-0.15, -0.1) is 0 Å². The Morgan fingerprint density at radius 1 is 1.67 bits per heavy atom. The maximum Gasteiger partial charge on any atom is 0.220 e. The Hall–Kier alpha value is -1.31. The molecular weight excluding hydrogens is 150 g/mol. The van der Waals surface area contributed by atoms with Gasteiger partial charge in [-0.05, 0) is 25.5 Å². The lowest BCUT2D eigenvalue weighted by molar-refractivity contribution is 0.326. The van der Waals surface area contributed by atoms with Gasteiger partial charge in [0.25, 0.3) is 0 Å². The highest BCUT2D eigenvalue weighted by Gasteiger charge is 2.02. The van der Waals surface area contributed by atoms with Crippen LogP contribution in [0.5, 0.6) is 5.88 Å². The molecule has 1 aromatic heterocycles. The molecule has 0 atom stereocenters. The van der Waals surface area contributed by atoms with Crippen molar-refractivity contribution in [1.29, 1.82) is 0 Å². The number of hydrogen-bond donors (Lipinski definition) is 0. The van der Waals surface area contributed by atoms with E-state index in [-0.39, 0.29) is 0 Å². The number of ether oxygens (including phenoxy) is 1. The van der Waals surface area contributed by atoms with Gasteiger partial charge in [0, 0.05) is 11.8 Å². The molecule has 0 aliphatic heterocycles. The van der Waals surface area contributed by atoms with Crippen molar-refractivity contribution >= 4 is 6.08 Å². The van der Waals surface area contributed by atoms with E-state index in [0.29, 0.717) is 12.5 Å². The molecule has 2 nitrogen and oxygen atoms in total. The van der Waals surface area contributed by atoms with Crippen molar-refractivity contribution in [3.63, 3.8) is 0 Å². The van der Waals surface area contributed by atoms with E-state index >= 15 is 0 Å². The number of nitrogens with zero attached hydrogens (tertiary/aromatic N) is 1. The minimum atomic E-state index is 0.636. The summed E-state index contributed by atoms with van der Waals surface area (Å²) >= 11 is 0. The second-order valence-electron chi connectivity index (χ2n) is 2.48. The average molecular weight is 163 g/mol. The monoisotopic (exact) mass is 163 g/mol. The summed E-state index contributed by atoms with van der Waals surface area (Å²) in [7, 11) is 0. The van der Waals surface area contributed by atoms with Crippen LogP contribution in [0.1, 0.15) is 18.1 Å². The lowest BCUT2D eigenvalue weighted by Crippen LogP contribution is -1.97. The molecule has 0 saturated heterocycles. The Bertz CT molecular complexity index is 281. The first-order chi connectivity index (χ1) is 5.79. The van der Waals surface area contributed by atoms with Crippen LogP contribution >= 0.6 is 0 Å². The highest BCUT2D eigenvalue weighted by atomic mass is 16.5. The van der Waals surface area contributed by atoms with Gasteiger partial charge in [-0.25, -0.2) is 4.98 Å². The number of aryl methyl sites for hydroxylation is 1. The molecule has 1 heterocycles. The summed E-state index contributed by atoms with van der Waals surface area (Å²) in [6.07, 6.45) is 3.51. The molecule has 0 bridgehead atoms. The third-order valence-corrected chi connectivity index (χ3v) is 1.66. The van der Waals surface area contributed by atoms with Crippen LogP contribution in [-0.4, -0.2) is 11.6 Å². The van der Waals surface area contributed by atoms with Crippen molar-refractivity contribution in [3.8, 4) is 5.88 Å². The Kier molecular flexibility index (Phi) is 2.86. The minimum absolute atomic E-state index is 0.636. The zero-order chi connectivity index (χ0) is 8.97. The Labute approximate surface area is 72.9 Å². The molecule has 0 aliphatic carbocycles. The fourth-order valence-electron chi connectivity index (χ4n) is 1.04. The summed E-state index contributed by atoms with van der Waals surface area (Å²) in [6.45, 7) is 8.31. The zero-order valence-corrected chi connectivity index (χ0v) is 7.50. The maximum atomic E-state index is 5.33. The summed E-state index contributed by atoms with van der Waals surface area (Å²) in [4.78, 5) is 4.11. The van der Waals surface area contributed by atoms with Gasteiger partial charge >= 0.3 is 0 Å². The smallest absolute Gasteiger partial charge is 0.220 e. The molecule has 64 valence electrons. The summed E-state index contributed by atoms with van der Waals surface area (Å²) in [5.41, 5.74) is 2.13. The maximum absolute atomic E-state index is 5.33. The van der Waals surface area contributed by atoms with Gasteiger partial charge in [0.2, 0.25) is 5.88 Å². The van der Waals surface area contributed by atoms with Crippen LogP contribution in [0, 0.1) is 6.92 Å². The molecule has 0 aliphatic rings. The lowest BCUT2D eigenvalue weighted by atomic mass is 10.1. The summed E-state index contributed by atoms with van der Waals surface area (Å²) in [5.74, 6) is 0.674. The largest absolute Gasteiger partial charge is 0.478 e. The zero-order valence-electron chi connectivity index (χ0n) is 7.50. The summed E-state index contributed by atoms with van der Waals surface area (Å²) in [5, 5.41) is 0. The molecule has 1 rings (SSSR count). The van der Waals surface area contributed by atoms with Gasteiger partial charge in [-0.1, -0.05) is 12.7 Å². The van der Waals surface area contributed by atoms with E-state index in [2.05, 4.69) is 11.6 Å². The molecular formula is C10H13NO. The molecule has 0 amide bonds. The lowest BCUT2D eigenvalue weighted by Gasteiger charge is -2.07. The van der Waals surface area contributed by atoms with E-state index in [0.717, 1.165) is 11.1 Å². The van der Waals surface area contributed by atoms with Crippen LogP contribution in [0.3, 0.4) is 0 Å². The molecule has 0 unspecified atom stereocenters. The van der Waals surface area contributed by atoms with E-state index in [9.17, 15) is 0 Å². The quantitative estimate of drug-likeness (QED) is 0.682. The van der Waals surface area contributed by atoms with Gasteiger partial charge in [-0.3, -0.25) is 0 Å². The number of hydrogen-bond acceptors (Lipinski definition) is 2. The highest BCUT2D eigenvalue weighted by Crippen LogP contribution is 2.19. The SMILES string of the molecule is C=Cc1c(C)ccnc1OCC. The third kappa shape index (κ3) is 1.64. The van der Waals surface area contributed by atoms with Gasteiger partial charge in [0.05, 0.1) is 6.61 Å². The van der Waals surface area contributed by atoms with Crippen LogP contribution in [0.2, 0.25) is 0 Å². The first-order valence-corrected chi connectivity index (χ1v) is 4.00. The molecule has 0 saturated carbocycles. The Morgan fingerprint density at radius 3 is 3.00 bits per heavy atom. The van der Waals surface area contributed by atoms with E-state index in [4.69, 9.17) is 4.74 Å². The van der Waals surface area contributed by atoms with Gasteiger partial charge in [-0.2, -0.15) is 0 Å². The predicted octanol–water partition coefficient (Wildman–Crippen LogP) is 2.43. The van der Waals surface area contributed by atoms with Gasteiger partial charge < -0.3 is 4.74 Å². The van der Waals surface area contributed by atoms with E-state index in [1.165, 1.54) is 0 Å². The molecule has 0 fully saturated rings. The number of rotatable bonds is 3. The van der Waals surface area contributed by atoms with Crippen molar-refractivity contribution in [1.82, 2.24) is 4.98 Å². The fraction of sp³-hybridized carbons (Fsp3) is 0.300. The van der Waals surface area contributed by atoms with Crippen LogP contribution in [-0.2, 0) is 0 Å². The number of aromatic nitrogens is 1. The number of pyridine rings is 1. The van der Waals surface area contributed by atoms with Crippen LogP contribution in [0.4, 0.5) is 0 Å². The fourth-order valence-corrected chi connectivity index (χ4v) is 1.04. The molecule has 0 spiro atoms. The second kappa shape index (κ2) is 3.90. The van der Waals surface area contributed by atoms with E-state index in [1.807, 2.05) is 19.9 Å². The third-order valence-electron chi connectivity index (χ3n) is 1.66. The van der Waals surface area contributed by atoms with Gasteiger partial charge in [0.1, 0.15) is 0 Å². The normalized spacial score (nSPS) is 9.50. The highest BCUT2D eigenvalue weighted by molar-refractivity contribution is 5.56. The molecule has 12 heavy (non-hydrogen) atoms. The van der Waals surface area contributed by atoms with Crippen molar-refractivity contribution in [3.05, 3.63) is 30.0 Å². The van der Waals surface area contributed by atoms with E-state index in [1.54, 1.807) is 12.3 Å². The van der Waals surface area contributed by atoms with Gasteiger partial charge in [0.15, 0.2) is 0 Å². The molecule has 1 aromatic rings. The van der Waals surface area contributed by atoms with Crippen molar-refractivity contribution in [2.24, 2.45) is 0 Å². The average Bonchev–Trinajstić information content (AvgIpc) is 2.05. The molecule has 0 radical (unpaired) electrons. The summed E-state index contributed by atoms with van der Waals surface area (Å²) in [6, 6.07) is 1.94. The minimum Gasteiger partial charge on any atom is -0.478 e. The molecule has 0 N–H and O–H groups in total. The standard InChI is InChI=1S/C10H13NO/c1-4-9-8(3)6-7-11-10(9)12-5-2/h4,6-7H,1,5H2,2-3H3. The predicted molar refractivity (Wildman–Crippen MR) is 50.2 cm³/mol. The van der Waals surface area contributed by atoms with Crippen LogP contribution < -0.4 is 4.74 Å². The first kappa shape index (κ1) is 8.78. The Balaban J connectivity index is 3.09. The molecule has 2 heteroatoms. The van der Waals surface area contributed by atoms with Crippen molar-refractivity contribution < 1.29 is 4.74 Å². The first-order valence-electron chi connectivity index (χ1n) is 4.00.